The molecule has 7 nitrogen and oxygen atoms in total. The minimum absolute atomic E-state index is 0.349. The number of ether oxygens (including phenoxy) is 5. The molecule has 0 aliphatic heterocycles. The Balaban J connectivity index is -0.000000468. The fourth-order valence-corrected chi connectivity index (χ4v) is 1.93. The van der Waals surface area contributed by atoms with Crippen molar-refractivity contribution in [1.29, 1.82) is 0 Å². The van der Waals surface area contributed by atoms with Crippen LogP contribution in [0.4, 0.5) is 0 Å². The summed E-state index contributed by atoms with van der Waals surface area (Å²) < 4.78 is 24.3. The molecule has 0 spiro atoms. The van der Waals surface area contributed by atoms with Crippen LogP contribution in [0.5, 0.6) is 11.5 Å². The third-order valence-corrected chi connectivity index (χ3v) is 3.33. The fraction of sp³-hybridized carbons (Fsp3) is 0.429. The van der Waals surface area contributed by atoms with Gasteiger partial charge in [0.05, 0.1) is 38.2 Å². The van der Waals surface area contributed by atoms with Crippen LogP contribution in [0.25, 0.3) is 0 Å². The van der Waals surface area contributed by atoms with Crippen LogP contribution in [-0.2, 0) is 14.2 Å². The van der Waals surface area contributed by atoms with E-state index in [2.05, 4.69) is 29.9 Å². The minimum Gasteiger partial charge on any atom is -0.491 e. The largest absolute Gasteiger partial charge is 0.491 e. The van der Waals surface area contributed by atoms with Crippen LogP contribution in [0, 0.1) is 0 Å². The van der Waals surface area contributed by atoms with Gasteiger partial charge in [-0.25, -0.2) is 9.59 Å². The molecule has 7 heteroatoms. The van der Waals surface area contributed by atoms with Crippen LogP contribution >= 0.6 is 0 Å². The van der Waals surface area contributed by atoms with Gasteiger partial charge in [-0.2, -0.15) is 0 Å². The van der Waals surface area contributed by atoms with Crippen molar-refractivity contribution in [2.45, 2.75) is 48.0 Å². The Hall–Kier alpha value is -3.32. The van der Waals surface area contributed by atoms with E-state index in [0.717, 1.165) is 0 Å². The van der Waals surface area contributed by atoms with E-state index in [1.54, 1.807) is 55.6 Å². The Labute approximate surface area is 212 Å². The number of esters is 2. The Kier molecular flexibility index (Phi) is 27.9. The molecule has 0 aromatic heterocycles. The van der Waals surface area contributed by atoms with Crippen LogP contribution in [0.1, 0.15) is 68.7 Å². The molecule has 0 unspecified atom stereocenters. The normalized spacial score (nSPS) is 8.37. The van der Waals surface area contributed by atoms with Crippen molar-refractivity contribution < 1.29 is 33.3 Å². The highest BCUT2D eigenvalue weighted by Gasteiger charge is 2.04. The zero-order valence-electron chi connectivity index (χ0n) is 22.9. The smallest absolute Gasteiger partial charge is 0.337 e. The van der Waals surface area contributed by atoms with E-state index in [0.29, 0.717) is 35.8 Å². The maximum Gasteiger partial charge on any atom is 0.337 e. The lowest BCUT2D eigenvalue weighted by Crippen LogP contribution is -2.05. The first-order chi connectivity index (χ1) is 17.0. The number of carbonyl (C=O) groups excluding carboxylic acids is 2. The van der Waals surface area contributed by atoms with Crippen molar-refractivity contribution in [3.8, 4) is 11.5 Å². The molecule has 2 aromatic rings. The summed E-state index contributed by atoms with van der Waals surface area (Å²) in [5.74, 6) is 0.644. The van der Waals surface area contributed by atoms with Gasteiger partial charge in [-0.3, -0.25) is 0 Å². The first-order valence-corrected chi connectivity index (χ1v) is 11.7. The molecule has 0 fully saturated rings. The lowest BCUT2D eigenvalue weighted by Gasteiger charge is -2.05. The first-order valence-electron chi connectivity index (χ1n) is 11.7. The van der Waals surface area contributed by atoms with Gasteiger partial charge in [0.25, 0.3) is 0 Å². The molecule has 0 saturated carbocycles. The SMILES string of the molecule is C=COc1ccc(C(=O)OC)cc1.CC.CC.CCC.COCCOc1ccc(C(=O)OC)cc1. The first kappa shape index (κ1) is 36.3. The molecule has 0 N–H and O–H groups in total. The molecular formula is C28H44O7. The Morgan fingerprint density at radius 1 is 0.714 bits per heavy atom. The van der Waals surface area contributed by atoms with E-state index in [1.807, 2.05) is 27.7 Å². The monoisotopic (exact) mass is 492 g/mol. The van der Waals surface area contributed by atoms with Crippen LogP contribution in [-0.4, -0.2) is 46.5 Å². The molecule has 0 bridgehead atoms. The molecule has 0 saturated heterocycles. The predicted octanol–water partition coefficient (Wildman–Crippen LogP) is 6.96. The fourth-order valence-electron chi connectivity index (χ4n) is 1.93. The van der Waals surface area contributed by atoms with E-state index >= 15 is 0 Å². The molecule has 0 heterocycles. The Morgan fingerprint density at radius 2 is 1.09 bits per heavy atom. The molecule has 198 valence electrons. The van der Waals surface area contributed by atoms with Crippen LogP contribution in [0.2, 0.25) is 0 Å². The summed E-state index contributed by atoms with van der Waals surface area (Å²) in [5, 5.41) is 0. The summed E-state index contributed by atoms with van der Waals surface area (Å²) in [7, 11) is 4.31. The Bertz CT molecular complexity index is 754. The van der Waals surface area contributed by atoms with Gasteiger partial charge in [-0.1, -0.05) is 54.5 Å². The summed E-state index contributed by atoms with van der Waals surface area (Å²) >= 11 is 0. The summed E-state index contributed by atoms with van der Waals surface area (Å²) in [5.41, 5.74) is 1.01. The van der Waals surface area contributed by atoms with Gasteiger partial charge in [0.1, 0.15) is 18.1 Å². The van der Waals surface area contributed by atoms with Gasteiger partial charge in [0, 0.05) is 7.11 Å². The van der Waals surface area contributed by atoms with E-state index in [9.17, 15) is 9.59 Å². The standard InChI is InChI=1S/C11H14O4.C10H10O3.C3H8.2C2H6/c1-13-7-8-15-10-5-3-9(4-6-10)11(12)14-2;1-3-13-9-6-4-8(5-7-9)10(11)12-2;1-3-2;2*1-2/h3-6H,7-8H2,1-2H3;3-7H,1H2,2H3;3H2,1-2H3;2*1-2H3. The summed E-state index contributed by atoms with van der Waals surface area (Å²) in [6, 6.07) is 13.4. The van der Waals surface area contributed by atoms with E-state index in [1.165, 1.54) is 26.9 Å². The van der Waals surface area contributed by atoms with E-state index in [4.69, 9.17) is 14.2 Å². The molecule has 0 aliphatic carbocycles. The van der Waals surface area contributed by atoms with E-state index < -0.39 is 0 Å². The number of carbonyl (C=O) groups is 2. The lowest BCUT2D eigenvalue weighted by atomic mass is 10.2. The molecule has 0 aliphatic rings. The van der Waals surface area contributed by atoms with Gasteiger partial charge in [0.2, 0.25) is 0 Å². The maximum atomic E-state index is 11.1. The molecule has 0 radical (unpaired) electrons. The molecule has 35 heavy (non-hydrogen) atoms. The van der Waals surface area contributed by atoms with Crippen molar-refractivity contribution in [3.63, 3.8) is 0 Å². The van der Waals surface area contributed by atoms with Gasteiger partial charge < -0.3 is 23.7 Å². The number of methoxy groups -OCH3 is 3. The van der Waals surface area contributed by atoms with Gasteiger partial charge >= 0.3 is 11.9 Å². The van der Waals surface area contributed by atoms with E-state index in [-0.39, 0.29) is 11.9 Å². The van der Waals surface area contributed by atoms with Gasteiger partial charge in [0.15, 0.2) is 0 Å². The number of hydrogen-bond donors (Lipinski definition) is 0. The second kappa shape index (κ2) is 26.9. The van der Waals surface area contributed by atoms with Crippen molar-refractivity contribution in [1.82, 2.24) is 0 Å². The van der Waals surface area contributed by atoms with Crippen LogP contribution < -0.4 is 9.47 Å². The third-order valence-electron chi connectivity index (χ3n) is 3.33. The highest BCUT2D eigenvalue weighted by molar-refractivity contribution is 5.89. The number of benzene rings is 2. The van der Waals surface area contributed by atoms with Crippen molar-refractivity contribution in [2.75, 3.05) is 34.5 Å². The molecule has 0 atom stereocenters. The van der Waals surface area contributed by atoms with Crippen LogP contribution in [0.15, 0.2) is 61.4 Å². The molecule has 0 amide bonds. The second-order valence-corrected chi connectivity index (χ2v) is 5.86. The number of hydrogen-bond acceptors (Lipinski definition) is 7. The topological polar surface area (TPSA) is 80.3 Å². The maximum absolute atomic E-state index is 11.1. The minimum atomic E-state index is -0.356. The Morgan fingerprint density at radius 3 is 1.40 bits per heavy atom. The number of rotatable bonds is 8. The highest BCUT2D eigenvalue weighted by Crippen LogP contribution is 2.13. The van der Waals surface area contributed by atoms with Gasteiger partial charge in [-0.05, 0) is 48.5 Å². The average Bonchev–Trinajstić information content (AvgIpc) is 2.92. The van der Waals surface area contributed by atoms with Crippen LogP contribution in [0.3, 0.4) is 0 Å². The van der Waals surface area contributed by atoms with Crippen molar-refractivity contribution in [3.05, 3.63) is 72.5 Å². The predicted molar refractivity (Wildman–Crippen MR) is 142 cm³/mol. The van der Waals surface area contributed by atoms with Gasteiger partial charge in [-0.15, -0.1) is 0 Å². The molecule has 2 rings (SSSR count). The highest BCUT2D eigenvalue weighted by atomic mass is 16.5. The summed E-state index contributed by atoms with van der Waals surface area (Å²) in [6.45, 7) is 16.7. The average molecular weight is 493 g/mol. The summed E-state index contributed by atoms with van der Waals surface area (Å²) in [6.07, 6.45) is 2.58. The second-order valence-electron chi connectivity index (χ2n) is 5.86. The summed E-state index contributed by atoms with van der Waals surface area (Å²) in [4.78, 5) is 22.1. The third kappa shape index (κ3) is 18.8. The lowest BCUT2D eigenvalue weighted by molar-refractivity contribution is 0.0591. The molecular weight excluding hydrogens is 448 g/mol. The molecule has 2 aromatic carbocycles. The quantitative estimate of drug-likeness (QED) is 0.224. The van der Waals surface area contributed by atoms with Crippen molar-refractivity contribution in [2.24, 2.45) is 0 Å². The zero-order chi connectivity index (χ0) is 27.5. The van der Waals surface area contributed by atoms with Crippen molar-refractivity contribution >= 4 is 11.9 Å². The zero-order valence-corrected chi connectivity index (χ0v) is 22.9.